The van der Waals surface area contributed by atoms with Crippen LogP contribution in [-0.2, 0) is 4.31 Å². The first-order chi connectivity index (χ1) is 14.8. The number of hydrogen-bond donors (Lipinski definition) is 8. The summed E-state index contributed by atoms with van der Waals surface area (Å²) in [4.78, 5) is 39.7. The predicted molar refractivity (Wildman–Crippen MR) is 134 cm³/mol. The summed E-state index contributed by atoms with van der Waals surface area (Å²) in [6.07, 6.45) is 7.80. The molecule has 0 aromatic carbocycles. The zero-order valence-electron chi connectivity index (χ0n) is 20.5. The van der Waals surface area contributed by atoms with Gasteiger partial charge in [0.15, 0.2) is 0 Å². The Bertz CT molecular complexity index is 386. The molecule has 32 heavy (non-hydrogen) atoms. The summed E-state index contributed by atoms with van der Waals surface area (Å²) in [7, 11) is -7.88. The van der Waals surface area contributed by atoms with Crippen molar-refractivity contribution in [2.45, 2.75) is 79.1 Å². The zero-order valence-corrected chi connectivity index (χ0v) is 22.5. The van der Waals surface area contributed by atoms with E-state index >= 15 is 0 Å². The van der Waals surface area contributed by atoms with E-state index in [0.717, 1.165) is 38.5 Å². The molecular formula is C21H52O9P2. The molecule has 0 saturated carbocycles. The average Bonchev–Trinajstić information content (AvgIpc) is 2.68. The molecule has 0 aliphatic heterocycles. The molecule has 0 heterocycles. The second kappa shape index (κ2) is 18.8. The van der Waals surface area contributed by atoms with Gasteiger partial charge in [0.05, 0.1) is 31.8 Å². The number of hydrogen-bond acceptors (Lipinski definition) is 9. The standard InChI is InChI=1S/C16H40O5P2.C5H12O4/c1-15(2)11-7-5-9-13-22(17,18)21-23(19,20)14-10-6-8-12-16(3)4;6-1-5(2-7,3-8)4-9/h15-20,22-23H,5-14H2,1-4H3;6-9H,1-4H2. The van der Waals surface area contributed by atoms with E-state index in [9.17, 15) is 19.6 Å². The van der Waals surface area contributed by atoms with Gasteiger partial charge in [0.2, 0.25) is 0 Å². The van der Waals surface area contributed by atoms with Crippen molar-refractivity contribution in [2.24, 2.45) is 17.3 Å². The van der Waals surface area contributed by atoms with Crippen molar-refractivity contribution in [1.82, 2.24) is 0 Å². The quantitative estimate of drug-likeness (QED) is 0.102. The first-order valence-corrected chi connectivity index (χ1v) is 15.8. The molecule has 0 aliphatic carbocycles. The van der Waals surface area contributed by atoms with Crippen LogP contribution in [0.25, 0.3) is 0 Å². The summed E-state index contributed by atoms with van der Waals surface area (Å²) in [5, 5.41) is 34.0. The number of aliphatic hydroxyl groups is 4. The van der Waals surface area contributed by atoms with Gasteiger partial charge < -0.3 is 20.4 Å². The SMILES string of the molecule is CC(C)CCCCC[PH](O)(O)O[PH](O)(O)CCCCCC(C)C.OCC(CO)(CO)CO. The molecular weight excluding hydrogens is 458 g/mol. The van der Waals surface area contributed by atoms with Gasteiger partial charge in [0, 0.05) is 0 Å². The topological polar surface area (TPSA) is 171 Å². The summed E-state index contributed by atoms with van der Waals surface area (Å²) < 4.78 is 4.98. The maximum atomic E-state index is 9.92. The number of rotatable bonds is 18. The third-order valence-corrected chi connectivity index (χ3v) is 9.86. The van der Waals surface area contributed by atoms with Gasteiger partial charge in [0.1, 0.15) is 0 Å². The fourth-order valence-electron chi connectivity index (χ4n) is 2.83. The molecule has 0 saturated heterocycles. The summed E-state index contributed by atoms with van der Waals surface area (Å²) in [6.45, 7) is 7.04. The Morgan fingerprint density at radius 1 is 0.562 bits per heavy atom. The third-order valence-electron chi connectivity index (χ3n) is 5.24. The van der Waals surface area contributed by atoms with Crippen molar-refractivity contribution in [3.05, 3.63) is 0 Å². The molecule has 11 heteroatoms. The minimum atomic E-state index is -3.94. The molecule has 0 spiro atoms. The minimum Gasteiger partial charge on any atom is -0.396 e. The Balaban J connectivity index is 0. The molecule has 8 N–H and O–H groups in total. The molecule has 9 nitrogen and oxygen atoms in total. The van der Waals surface area contributed by atoms with E-state index in [2.05, 4.69) is 27.7 Å². The normalized spacial score (nSPS) is 13.9. The summed E-state index contributed by atoms with van der Waals surface area (Å²) >= 11 is 0. The predicted octanol–water partition coefficient (Wildman–Crippen LogP) is 2.34. The van der Waals surface area contributed by atoms with Gasteiger partial charge in [0.25, 0.3) is 0 Å². The molecule has 0 unspecified atom stereocenters. The van der Waals surface area contributed by atoms with Gasteiger partial charge in [-0.2, -0.15) is 0 Å². The van der Waals surface area contributed by atoms with Crippen molar-refractivity contribution in [2.75, 3.05) is 38.8 Å². The van der Waals surface area contributed by atoms with Gasteiger partial charge in [-0.05, 0) is 0 Å². The van der Waals surface area contributed by atoms with E-state index in [1.54, 1.807) is 0 Å². The molecule has 0 aromatic rings. The Labute approximate surface area is 195 Å². The van der Waals surface area contributed by atoms with Crippen LogP contribution in [0.15, 0.2) is 0 Å². The zero-order chi connectivity index (χ0) is 25.3. The Morgan fingerprint density at radius 3 is 1.09 bits per heavy atom. The van der Waals surface area contributed by atoms with Crippen molar-refractivity contribution < 1.29 is 44.3 Å². The van der Waals surface area contributed by atoms with Gasteiger partial charge >= 0.3 is 143 Å². The maximum absolute atomic E-state index is 9.92. The smallest absolute Gasteiger partial charge is 0.0627 e. The van der Waals surface area contributed by atoms with E-state index in [0.29, 0.717) is 24.7 Å². The monoisotopic (exact) mass is 510 g/mol. The molecule has 0 aliphatic rings. The third kappa shape index (κ3) is 19.9. The average molecular weight is 511 g/mol. The van der Waals surface area contributed by atoms with E-state index in [1.807, 2.05) is 0 Å². The molecule has 200 valence electrons. The molecule has 0 rings (SSSR count). The summed E-state index contributed by atoms with van der Waals surface area (Å²) in [5.74, 6) is 1.31. The minimum absolute atomic E-state index is 0.147. The molecule has 0 radical (unpaired) electrons. The molecule has 0 aromatic heterocycles. The van der Waals surface area contributed by atoms with Gasteiger partial charge in [-0.3, -0.25) is 0 Å². The van der Waals surface area contributed by atoms with E-state index < -0.39 is 47.7 Å². The van der Waals surface area contributed by atoms with Crippen LogP contribution in [0.4, 0.5) is 0 Å². The molecule has 0 atom stereocenters. The van der Waals surface area contributed by atoms with Crippen LogP contribution in [0.1, 0.15) is 79.1 Å². The maximum Gasteiger partial charge on any atom is 0.0627 e. The first-order valence-electron chi connectivity index (χ1n) is 11.8. The van der Waals surface area contributed by atoms with Crippen LogP contribution in [0.3, 0.4) is 0 Å². The fraction of sp³-hybridized carbons (Fsp3) is 1.00. The Kier molecular flexibility index (Phi) is 20.3. The van der Waals surface area contributed by atoms with Gasteiger partial charge in [-0.1, -0.05) is 0 Å². The van der Waals surface area contributed by atoms with Crippen LogP contribution < -0.4 is 0 Å². The van der Waals surface area contributed by atoms with Crippen molar-refractivity contribution >= 4 is 15.9 Å². The number of aliphatic hydroxyl groups excluding tert-OH is 4. The second-order valence-corrected chi connectivity index (χ2v) is 14.5. The Morgan fingerprint density at radius 2 is 0.875 bits per heavy atom. The molecule has 0 amide bonds. The fourth-order valence-corrected chi connectivity index (χ4v) is 7.17. The van der Waals surface area contributed by atoms with Gasteiger partial charge in [-0.15, -0.1) is 0 Å². The van der Waals surface area contributed by atoms with Crippen LogP contribution >= 0.6 is 15.9 Å². The van der Waals surface area contributed by atoms with Crippen LogP contribution in [-0.4, -0.2) is 78.8 Å². The summed E-state index contributed by atoms with van der Waals surface area (Å²) in [5.41, 5.74) is -1.11. The molecule has 0 fully saturated rings. The van der Waals surface area contributed by atoms with E-state index in [-0.39, 0.29) is 12.3 Å². The van der Waals surface area contributed by atoms with Gasteiger partial charge in [-0.25, -0.2) is 0 Å². The van der Waals surface area contributed by atoms with E-state index in [1.165, 1.54) is 0 Å². The Hall–Kier alpha value is 0.500. The van der Waals surface area contributed by atoms with Crippen molar-refractivity contribution in [3.8, 4) is 0 Å². The second-order valence-electron chi connectivity index (χ2n) is 9.71. The van der Waals surface area contributed by atoms with Crippen molar-refractivity contribution in [3.63, 3.8) is 0 Å². The molecule has 0 bridgehead atoms. The van der Waals surface area contributed by atoms with Crippen LogP contribution in [0, 0.1) is 17.3 Å². The number of unbranched alkanes of at least 4 members (excludes halogenated alkanes) is 4. The van der Waals surface area contributed by atoms with Crippen LogP contribution in [0.2, 0.25) is 0 Å². The first kappa shape index (κ1) is 34.7. The summed E-state index contributed by atoms with van der Waals surface area (Å²) in [6, 6.07) is 0. The van der Waals surface area contributed by atoms with E-state index in [4.69, 9.17) is 24.7 Å². The van der Waals surface area contributed by atoms with Crippen LogP contribution in [0.5, 0.6) is 0 Å². The van der Waals surface area contributed by atoms with Crippen molar-refractivity contribution in [1.29, 1.82) is 0 Å². The largest absolute Gasteiger partial charge is 0.396 e.